The first-order valence-corrected chi connectivity index (χ1v) is 12.5. The van der Waals surface area contributed by atoms with Gasteiger partial charge in [0, 0.05) is 38.6 Å². The average molecular weight is 517 g/mol. The molecule has 0 aromatic heterocycles. The Hall–Kier alpha value is -4.26. The summed E-state index contributed by atoms with van der Waals surface area (Å²) in [6, 6.07) is 3.25. The van der Waals surface area contributed by atoms with E-state index in [4.69, 9.17) is 0 Å². The molecule has 0 spiro atoms. The van der Waals surface area contributed by atoms with E-state index >= 15 is 0 Å². The van der Waals surface area contributed by atoms with Crippen molar-refractivity contribution in [1.82, 2.24) is 0 Å². The summed E-state index contributed by atoms with van der Waals surface area (Å²) >= 11 is 0. The molecule has 0 bridgehead atoms. The van der Waals surface area contributed by atoms with Crippen molar-refractivity contribution in [1.29, 1.82) is 0 Å². The summed E-state index contributed by atoms with van der Waals surface area (Å²) < 4.78 is 0. The number of carbonyl (C=O) groups is 2. The predicted octanol–water partition coefficient (Wildman–Crippen LogP) is 6.99. The maximum absolute atomic E-state index is 12.2. The lowest BCUT2D eigenvalue weighted by atomic mass is 9.80. The highest BCUT2D eigenvalue weighted by atomic mass is 16.3. The Kier molecular flexibility index (Phi) is 6.52. The molecule has 5 N–H and O–H groups in total. The molecular formula is C31H32O7. The maximum Gasteiger partial charge on any atom is 0.169 e. The predicted molar refractivity (Wildman–Crippen MR) is 148 cm³/mol. The molecular weight excluding hydrogens is 484 g/mol. The summed E-state index contributed by atoms with van der Waals surface area (Å²) in [5, 5.41) is 56.5. The van der Waals surface area contributed by atoms with Crippen molar-refractivity contribution in [3.63, 3.8) is 0 Å². The van der Waals surface area contributed by atoms with Gasteiger partial charge in [0.15, 0.2) is 24.1 Å². The van der Waals surface area contributed by atoms with Crippen LogP contribution in [-0.4, -0.2) is 38.1 Å². The van der Waals surface area contributed by atoms with E-state index in [0.29, 0.717) is 45.6 Å². The van der Waals surface area contributed by atoms with Crippen molar-refractivity contribution >= 4 is 34.1 Å². The van der Waals surface area contributed by atoms with Crippen LogP contribution in [0.1, 0.15) is 88.1 Å². The molecule has 0 amide bonds. The van der Waals surface area contributed by atoms with Crippen LogP contribution in [0, 0.1) is 20.8 Å². The molecule has 0 heterocycles. The summed E-state index contributed by atoms with van der Waals surface area (Å²) in [6.07, 6.45) is 0.970. The number of hydrogen-bond acceptors (Lipinski definition) is 7. The monoisotopic (exact) mass is 516 g/mol. The molecule has 198 valence electrons. The van der Waals surface area contributed by atoms with Crippen LogP contribution >= 0.6 is 0 Å². The molecule has 0 fully saturated rings. The van der Waals surface area contributed by atoms with Crippen LogP contribution in [0.2, 0.25) is 0 Å². The lowest BCUT2D eigenvalue weighted by Crippen LogP contribution is -2.03. The minimum absolute atomic E-state index is 0.0575. The Morgan fingerprint density at radius 3 is 1.63 bits per heavy atom. The zero-order chi connectivity index (χ0) is 28.4. The molecule has 0 unspecified atom stereocenters. The number of hydrogen-bond donors (Lipinski definition) is 5. The molecule has 4 aromatic carbocycles. The summed E-state index contributed by atoms with van der Waals surface area (Å²) in [7, 11) is 0. The van der Waals surface area contributed by atoms with Crippen LogP contribution in [0.25, 0.3) is 32.7 Å². The molecule has 0 aliphatic rings. The summed E-state index contributed by atoms with van der Waals surface area (Å²) in [4.78, 5) is 24.2. The van der Waals surface area contributed by atoms with Crippen molar-refractivity contribution in [3.05, 3.63) is 51.1 Å². The normalized spacial score (nSPS) is 11.7. The SMILES string of the molecule is Cc1cc2c(C(C)C)c(O)c(O)c(C=O)c2c(O)c1-c1c(C)c(C(C)C)c2cc(O)c(C)c(C=O)c2c1O. The van der Waals surface area contributed by atoms with E-state index in [2.05, 4.69) is 0 Å². The number of aromatic hydroxyl groups is 5. The summed E-state index contributed by atoms with van der Waals surface area (Å²) in [5.41, 5.74) is 3.04. The number of phenols is 5. The second-order valence-corrected chi connectivity index (χ2v) is 10.5. The van der Waals surface area contributed by atoms with Crippen LogP contribution < -0.4 is 0 Å². The van der Waals surface area contributed by atoms with Crippen molar-refractivity contribution in [2.45, 2.75) is 60.3 Å². The Morgan fingerprint density at radius 1 is 0.605 bits per heavy atom. The molecule has 7 heteroatoms. The van der Waals surface area contributed by atoms with Crippen LogP contribution in [0.5, 0.6) is 28.7 Å². The van der Waals surface area contributed by atoms with E-state index < -0.39 is 11.5 Å². The smallest absolute Gasteiger partial charge is 0.169 e. The third kappa shape index (κ3) is 3.56. The zero-order valence-electron chi connectivity index (χ0n) is 22.5. The second-order valence-electron chi connectivity index (χ2n) is 10.5. The molecule has 38 heavy (non-hydrogen) atoms. The first-order chi connectivity index (χ1) is 17.8. The summed E-state index contributed by atoms with van der Waals surface area (Å²) in [6.45, 7) is 12.7. The quantitative estimate of drug-likeness (QED) is 0.143. The highest BCUT2D eigenvalue weighted by molar-refractivity contribution is 6.14. The minimum Gasteiger partial charge on any atom is -0.508 e. The molecule has 0 radical (unpaired) electrons. The Morgan fingerprint density at radius 2 is 1.11 bits per heavy atom. The van der Waals surface area contributed by atoms with Gasteiger partial charge in [0.2, 0.25) is 0 Å². The van der Waals surface area contributed by atoms with Gasteiger partial charge in [-0.05, 0) is 66.1 Å². The maximum atomic E-state index is 12.2. The largest absolute Gasteiger partial charge is 0.508 e. The molecule has 0 atom stereocenters. The van der Waals surface area contributed by atoms with Crippen LogP contribution in [0.3, 0.4) is 0 Å². The number of aryl methyl sites for hydroxylation is 1. The molecule has 4 rings (SSSR count). The highest BCUT2D eigenvalue weighted by Crippen LogP contribution is 2.53. The summed E-state index contributed by atoms with van der Waals surface area (Å²) in [5.74, 6) is -2.02. The van der Waals surface area contributed by atoms with Gasteiger partial charge in [0.1, 0.15) is 17.2 Å². The van der Waals surface area contributed by atoms with Crippen molar-refractivity contribution < 1.29 is 35.1 Å². The zero-order valence-corrected chi connectivity index (χ0v) is 22.5. The first kappa shape index (κ1) is 26.8. The fraction of sp³-hybridized carbons (Fsp3) is 0.290. The number of phenolic OH excluding ortho intramolecular Hbond substituents is 5. The van der Waals surface area contributed by atoms with E-state index in [9.17, 15) is 35.1 Å². The minimum atomic E-state index is -0.627. The lowest BCUT2D eigenvalue weighted by Gasteiger charge is -2.25. The van der Waals surface area contributed by atoms with Gasteiger partial charge < -0.3 is 25.5 Å². The lowest BCUT2D eigenvalue weighted by molar-refractivity contribution is 0.111. The van der Waals surface area contributed by atoms with Crippen molar-refractivity contribution in [2.24, 2.45) is 0 Å². The number of aldehydes is 2. The van der Waals surface area contributed by atoms with Crippen molar-refractivity contribution in [3.8, 4) is 39.9 Å². The molecule has 0 saturated carbocycles. The highest BCUT2D eigenvalue weighted by Gasteiger charge is 2.29. The van der Waals surface area contributed by atoms with E-state index in [1.165, 1.54) is 6.07 Å². The van der Waals surface area contributed by atoms with E-state index in [1.807, 2.05) is 27.7 Å². The van der Waals surface area contributed by atoms with Crippen LogP contribution in [0.15, 0.2) is 12.1 Å². The Bertz CT molecular complexity index is 1680. The standard InChI is InChI=1S/C31H32O7/c1-12(2)22-16(7)25(30(37)26-18(22)9-21(34)15(6)19(26)10-32)24-14(5)8-17-23(13(3)4)31(38)28(35)20(11-33)27(17)29(24)36/h8-13,34-38H,1-7H3. The van der Waals surface area contributed by atoms with E-state index in [0.717, 1.165) is 5.56 Å². The molecule has 0 aliphatic heterocycles. The molecule has 0 saturated heterocycles. The fourth-order valence-electron chi connectivity index (χ4n) is 5.89. The first-order valence-electron chi connectivity index (χ1n) is 12.5. The van der Waals surface area contributed by atoms with E-state index in [1.54, 1.807) is 26.8 Å². The fourth-order valence-corrected chi connectivity index (χ4v) is 5.89. The number of fused-ring (bicyclic) bond motifs is 2. The average Bonchev–Trinajstić information content (AvgIpc) is 2.83. The van der Waals surface area contributed by atoms with Gasteiger partial charge in [-0.1, -0.05) is 33.8 Å². The van der Waals surface area contributed by atoms with Crippen LogP contribution in [0.4, 0.5) is 0 Å². The van der Waals surface area contributed by atoms with Gasteiger partial charge in [0.05, 0.1) is 5.56 Å². The van der Waals surface area contributed by atoms with Gasteiger partial charge in [-0.3, -0.25) is 9.59 Å². The van der Waals surface area contributed by atoms with Crippen molar-refractivity contribution in [2.75, 3.05) is 0 Å². The van der Waals surface area contributed by atoms with Gasteiger partial charge in [-0.15, -0.1) is 0 Å². The van der Waals surface area contributed by atoms with E-state index in [-0.39, 0.29) is 62.1 Å². The van der Waals surface area contributed by atoms with Gasteiger partial charge in [-0.25, -0.2) is 0 Å². The molecule has 4 aromatic rings. The molecule has 7 nitrogen and oxygen atoms in total. The topological polar surface area (TPSA) is 135 Å². The number of benzene rings is 4. The Balaban J connectivity index is 2.33. The van der Waals surface area contributed by atoms with Gasteiger partial charge in [0.25, 0.3) is 0 Å². The van der Waals surface area contributed by atoms with Gasteiger partial charge >= 0.3 is 0 Å². The number of rotatable bonds is 5. The second kappa shape index (κ2) is 9.24. The Labute approximate surface area is 220 Å². The van der Waals surface area contributed by atoms with Gasteiger partial charge in [-0.2, -0.15) is 0 Å². The third-order valence-electron chi connectivity index (χ3n) is 7.58. The molecule has 0 aliphatic carbocycles. The number of carbonyl (C=O) groups excluding carboxylic acids is 2. The van der Waals surface area contributed by atoms with Crippen LogP contribution in [-0.2, 0) is 0 Å². The third-order valence-corrected chi connectivity index (χ3v) is 7.58.